The molecule has 0 bridgehead atoms. The molecule has 670 valence electrons. The Morgan fingerprint density at radius 3 is 0.976 bits per heavy atom. The summed E-state index contributed by atoms with van der Waals surface area (Å²) in [7, 11) is -2.32. The number of nitrogens with two attached hydrogens (primary N) is 2. The first-order valence-corrected chi connectivity index (χ1v) is 44.3. The van der Waals surface area contributed by atoms with Gasteiger partial charge in [0.05, 0.1) is 52.9 Å². The molecule has 0 unspecified atom stereocenters. The topological polar surface area (TPSA) is 366 Å². The number of carbonyl (C=O) groups is 4. The van der Waals surface area contributed by atoms with Crippen molar-refractivity contribution in [2.45, 2.75) is 90.6 Å². The predicted molar refractivity (Wildman–Crippen MR) is 505 cm³/mol. The Kier molecular flexibility index (Phi) is 39.3. The number of rotatable bonds is 55. The van der Waals surface area contributed by atoms with Crippen molar-refractivity contribution in [3.8, 4) is 0 Å². The van der Waals surface area contributed by atoms with Crippen LogP contribution in [-0.4, -0.2) is 267 Å². The summed E-state index contributed by atoms with van der Waals surface area (Å²) in [5, 5.41) is 90.5. The minimum absolute atomic E-state index is 0.165. The zero-order valence-electron chi connectivity index (χ0n) is 73.2. The molecule has 10 aromatic rings. The number of anilines is 3. The Labute approximate surface area is 747 Å². The van der Waals surface area contributed by atoms with Gasteiger partial charge in [0.2, 0.25) is 0 Å². The molecule has 0 spiro atoms. The number of unbranched alkanes of at least 4 members (excludes halogenated alkanes) is 6. The predicted octanol–water partition coefficient (Wildman–Crippen LogP) is 5.99. The number of hydrogen-bond donors (Lipinski definition) is 12. The largest absolute Gasteiger partial charge is 0.488 e. The molecule has 2 aliphatic heterocycles. The lowest BCUT2D eigenvalue weighted by Crippen LogP contribution is -2.45. The molecule has 0 saturated carbocycles. The fraction of sp³-hybridized carbons (Fsp3) is 0.375. The van der Waals surface area contributed by atoms with Gasteiger partial charge in [-0.3, -0.25) is 48.6 Å². The van der Waals surface area contributed by atoms with Gasteiger partial charge in [-0.05, 0) is 156 Å². The SMILES string of the molecule is CN(C)c1ccc(CN(CCCCCCN(CCN2C(=O)c3cccc4c(NCCOCCOCCN)ccc(c34)C2=O)Cc2ccccc2B(O)O)Cc2ccccc2B(O)O)cc1.NCCOCCOCCNc1ccc2c3c(cccc13)C(=O)N(CCN(CCCCCCN(Cc1ccccc1)Cc1ccccc1B(O)O)Cc1ccccc1B(O)O)C2=O. The van der Waals surface area contributed by atoms with Gasteiger partial charge in [0.1, 0.15) is 0 Å². The minimum Gasteiger partial charge on any atom is -0.423 e. The van der Waals surface area contributed by atoms with Gasteiger partial charge < -0.3 is 86.1 Å². The zero-order valence-corrected chi connectivity index (χ0v) is 73.2. The van der Waals surface area contributed by atoms with Crippen LogP contribution in [0, 0.1) is 0 Å². The summed E-state index contributed by atoms with van der Waals surface area (Å²) < 4.78 is 22.0. The van der Waals surface area contributed by atoms with Crippen molar-refractivity contribution < 1.29 is 78.3 Å². The molecule has 0 aliphatic carbocycles. The van der Waals surface area contributed by atoms with Crippen molar-refractivity contribution in [1.82, 2.24) is 29.4 Å². The number of nitrogens with zero attached hydrogens (tertiary/aromatic N) is 7. The molecule has 0 radical (unpaired) electrons. The quantitative estimate of drug-likeness (QED) is 0.0118. The summed E-state index contributed by atoms with van der Waals surface area (Å²) in [6.07, 6.45) is 7.36. The normalized spacial score (nSPS) is 12.5. The van der Waals surface area contributed by atoms with Gasteiger partial charge in [0.15, 0.2) is 0 Å². The van der Waals surface area contributed by atoms with E-state index in [1.165, 1.54) is 20.9 Å². The van der Waals surface area contributed by atoms with E-state index in [1.807, 2.05) is 129 Å². The summed E-state index contributed by atoms with van der Waals surface area (Å²) in [6.45, 7) is 13.3. The Bertz CT molecular complexity index is 5080. The van der Waals surface area contributed by atoms with E-state index in [0.29, 0.717) is 193 Å². The Balaban J connectivity index is 0.000000247. The van der Waals surface area contributed by atoms with E-state index < -0.39 is 28.5 Å². The lowest BCUT2D eigenvalue weighted by atomic mass is 9.77. The molecule has 0 atom stereocenters. The molecule has 4 amide bonds. The van der Waals surface area contributed by atoms with Crippen molar-refractivity contribution in [2.75, 3.05) is 161 Å². The van der Waals surface area contributed by atoms with Crippen molar-refractivity contribution in [1.29, 1.82) is 0 Å². The standard InChI is InChI=1S/C49H64B2N6O8.C47H59B2N5O8/c1-54(2)40-20-18-37(19-21-40)34-56(36-39-13-6-8-17-45(39)51(62)63)27-10-4-3-9-26-55(35-38-12-5-7-16-44(38)50(60)61)28-29-57-48(58)42-15-11-14-41-46(23-22-43(47(41)42)49(57)59)53-25-31-65-33-32-64-30-24-52;50-23-29-61-31-32-62-30-24-51-44-22-21-41-45-39(44)17-12-18-40(45)46(55)54(47(41)56)28-27-52(34-37-15-6-8-19-42(37)48(57)58)25-10-1-2-11-26-53(33-36-13-4-3-5-14-36)35-38-16-7-9-20-43(38)49(59)60/h5-8,11-23,53,60-63H,3-4,9-10,24-36,52H2,1-2H3;3-9,12-22,51,57-60H,1-2,10-11,23-35,50H2. The van der Waals surface area contributed by atoms with E-state index in [-0.39, 0.29) is 36.7 Å². The molecule has 0 saturated heterocycles. The zero-order chi connectivity index (χ0) is 89.8. The van der Waals surface area contributed by atoms with E-state index in [9.17, 15) is 59.4 Å². The number of ether oxygens (including phenoxy) is 4. The fourth-order valence-corrected chi connectivity index (χ4v) is 16.5. The Morgan fingerprint density at radius 2 is 0.630 bits per heavy atom. The van der Waals surface area contributed by atoms with Crippen LogP contribution in [0.15, 0.2) is 212 Å². The number of nitrogens with one attached hydrogen (secondary N) is 2. The highest BCUT2D eigenvalue weighted by molar-refractivity contribution is 6.60. The number of carbonyl (C=O) groups excluding carboxylic acids is 4. The van der Waals surface area contributed by atoms with Gasteiger partial charge in [0.25, 0.3) is 23.6 Å². The van der Waals surface area contributed by atoms with E-state index in [0.717, 1.165) is 121 Å². The van der Waals surface area contributed by atoms with Gasteiger partial charge in [-0.25, -0.2) is 0 Å². The molecule has 2 aliphatic rings. The average Bonchev–Trinajstić information content (AvgIpc) is 0.744. The monoisotopic (exact) mass is 1730 g/mol. The number of hydrogen-bond acceptors (Lipinski definition) is 25. The number of imide groups is 2. The third kappa shape index (κ3) is 28.5. The van der Waals surface area contributed by atoms with Crippen LogP contribution in [0.2, 0.25) is 0 Å². The molecule has 127 heavy (non-hydrogen) atoms. The Morgan fingerprint density at radius 1 is 0.315 bits per heavy atom. The van der Waals surface area contributed by atoms with Crippen LogP contribution in [0.3, 0.4) is 0 Å². The van der Waals surface area contributed by atoms with Crippen LogP contribution >= 0.6 is 0 Å². The molecule has 2 heterocycles. The second-order valence-corrected chi connectivity index (χ2v) is 32.3. The van der Waals surface area contributed by atoms with Crippen molar-refractivity contribution in [3.63, 3.8) is 0 Å². The van der Waals surface area contributed by atoms with Crippen molar-refractivity contribution in [2.24, 2.45) is 11.5 Å². The van der Waals surface area contributed by atoms with Gasteiger partial charge in [0, 0.05) is 167 Å². The molecule has 27 nitrogen and oxygen atoms in total. The van der Waals surface area contributed by atoms with Crippen LogP contribution in [0.4, 0.5) is 17.1 Å². The van der Waals surface area contributed by atoms with E-state index in [2.05, 4.69) is 71.5 Å². The molecule has 10 aromatic carbocycles. The minimum atomic E-state index is -1.63. The van der Waals surface area contributed by atoms with Crippen LogP contribution in [0.25, 0.3) is 21.5 Å². The summed E-state index contributed by atoms with van der Waals surface area (Å²) >= 11 is 0. The highest BCUT2D eigenvalue weighted by atomic mass is 16.5. The first-order valence-electron chi connectivity index (χ1n) is 44.3. The fourth-order valence-electron chi connectivity index (χ4n) is 16.5. The lowest BCUT2D eigenvalue weighted by Gasteiger charge is -2.31. The maximum absolute atomic E-state index is 14.1. The first kappa shape index (κ1) is 97.6. The third-order valence-electron chi connectivity index (χ3n) is 23.1. The smallest absolute Gasteiger partial charge is 0.423 e. The van der Waals surface area contributed by atoms with Gasteiger partial charge in [-0.1, -0.05) is 189 Å². The summed E-state index contributed by atoms with van der Waals surface area (Å²) in [6, 6.07) is 66.4. The molecular formula is C96H123B4N11O16. The Hall–Kier alpha value is -10.1. The maximum atomic E-state index is 14.1. The molecular weight excluding hydrogens is 1610 g/mol. The third-order valence-corrected chi connectivity index (χ3v) is 23.1. The van der Waals surface area contributed by atoms with Crippen LogP contribution in [0.5, 0.6) is 0 Å². The number of benzene rings is 10. The van der Waals surface area contributed by atoms with Crippen molar-refractivity contribution in [3.05, 3.63) is 268 Å². The maximum Gasteiger partial charge on any atom is 0.488 e. The van der Waals surface area contributed by atoms with Gasteiger partial charge >= 0.3 is 28.5 Å². The molecule has 0 fully saturated rings. The summed E-state index contributed by atoms with van der Waals surface area (Å²) in [4.78, 5) is 70.0. The highest BCUT2D eigenvalue weighted by Crippen LogP contribution is 2.37. The van der Waals surface area contributed by atoms with E-state index in [1.54, 1.807) is 60.7 Å². The first-order chi connectivity index (χ1) is 61.8. The van der Waals surface area contributed by atoms with Crippen LogP contribution in [0.1, 0.15) is 126 Å². The van der Waals surface area contributed by atoms with Gasteiger partial charge in [-0.2, -0.15) is 0 Å². The van der Waals surface area contributed by atoms with E-state index >= 15 is 0 Å². The average molecular weight is 1730 g/mol. The van der Waals surface area contributed by atoms with Crippen LogP contribution < -0.4 is 48.9 Å². The molecule has 14 N–H and O–H groups in total. The summed E-state index contributed by atoms with van der Waals surface area (Å²) in [5.74, 6) is -1.36. The van der Waals surface area contributed by atoms with Crippen molar-refractivity contribution >= 4 is 113 Å². The summed E-state index contributed by atoms with van der Waals surface area (Å²) in [5.41, 5.74) is 23.1. The van der Waals surface area contributed by atoms with Gasteiger partial charge in [-0.15, -0.1) is 0 Å². The van der Waals surface area contributed by atoms with Crippen LogP contribution in [-0.2, 0) is 58.2 Å². The molecule has 31 heteroatoms. The second-order valence-electron chi connectivity index (χ2n) is 32.3. The second kappa shape index (κ2) is 51.2. The molecule has 12 rings (SSSR count). The molecule has 0 aromatic heterocycles. The van der Waals surface area contributed by atoms with E-state index in [4.69, 9.17) is 30.4 Å². The number of amides is 4. The highest BCUT2D eigenvalue weighted by Gasteiger charge is 2.36. The lowest BCUT2D eigenvalue weighted by molar-refractivity contribution is 0.0548.